The topological polar surface area (TPSA) is 29.5 Å². The molecule has 0 unspecified atom stereocenters. The standard InChI is InChI=1S/C15H14ClFO2/c16-14-7-4-12(10-15(14)19-9-1-8-18)11-2-5-13(17)6-3-11/h2-7,10,18H,1,8-9H2. The number of aliphatic hydroxyl groups excluding tert-OH is 1. The highest BCUT2D eigenvalue weighted by Crippen LogP contribution is 2.30. The summed E-state index contributed by atoms with van der Waals surface area (Å²) in [7, 11) is 0. The monoisotopic (exact) mass is 280 g/mol. The molecule has 0 saturated heterocycles. The van der Waals surface area contributed by atoms with Gasteiger partial charge in [-0.25, -0.2) is 4.39 Å². The summed E-state index contributed by atoms with van der Waals surface area (Å²) in [6.07, 6.45) is 0.553. The molecule has 0 saturated carbocycles. The highest BCUT2D eigenvalue weighted by Gasteiger charge is 2.05. The second-order valence-corrected chi connectivity index (χ2v) is 4.48. The number of aliphatic hydroxyl groups is 1. The fourth-order valence-corrected chi connectivity index (χ4v) is 1.85. The van der Waals surface area contributed by atoms with E-state index >= 15 is 0 Å². The number of hydrogen-bond acceptors (Lipinski definition) is 2. The van der Waals surface area contributed by atoms with Gasteiger partial charge < -0.3 is 9.84 Å². The molecule has 100 valence electrons. The van der Waals surface area contributed by atoms with Crippen LogP contribution in [0.4, 0.5) is 4.39 Å². The predicted molar refractivity (Wildman–Crippen MR) is 74.0 cm³/mol. The van der Waals surface area contributed by atoms with Crippen molar-refractivity contribution in [2.24, 2.45) is 0 Å². The highest BCUT2D eigenvalue weighted by atomic mass is 35.5. The van der Waals surface area contributed by atoms with Gasteiger partial charge in [0, 0.05) is 13.0 Å². The highest BCUT2D eigenvalue weighted by molar-refractivity contribution is 6.32. The van der Waals surface area contributed by atoms with Gasteiger partial charge in [0.25, 0.3) is 0 Å². The molecule has 0 heterocycles. The van der Waals surface area contributed by atoms with Crippen LogP contribution < -0.4 is 4.74 Å². The van der Waals surface area contributed by atoms with Crippen molar-refractivity contribution in [3.63, 3.8) is 0 Å². The van der Waals surface area contributed by atoms with E-state index in [-0.39, 0.29) is 12.4 Å². The van der Waals surface area contributed by atoms with Gasteiger partial charge in [-0.3, -0.25) is 0 Å². The lowest BCUT2D eigenvalue weighted by atomic mass is 10.1. The van der Waals surface area contributed by atoms with Crippen molar-refractivity contribution >= 4 is 11.6 Å². The molecule has 0 aliphatic carbocycles. The van der Waals surface area contributed by atoms with Crippen LogP contribution in [0.25, 0.3) is 11.1 Å². The minimum atomic E-state index is -0.267. The molecule has 4 heteroatoms. The molecule has 0 aliphatic rings. The van der Waals surface area contributed by atoms with Crippen LogP contribution in [0.5, 0.6) is 5.75 Å². The Bertz CT molecular complexity index is 540. The maximum absolute atomic E-state index is 12.9. The van der Waals surface area contributed by atoms with Crippen LogP contribution in [0.1, 0.15) is 6.42 Å². The number of benzene rings is 2. The van der Waals surface area contributed by atoms with Gasteiger partial charge in [0.05, 0.1) is 11.6 Å². The second-order valence-electron chi connectivity index (χ2n) is 4.08. The zero-order valence-electron chi connectivity index (χ0n) is 10.3. The summed E-state index contributed by atoms with van der Waals surface area (Å²) in [5.41, 5.74) is 1.80. The molecule has 2 aromatic rings. The first-order valence-corrected chi connectivity index (χ1v) is 6.37. The molecule has 0 aliphatic heterocycles. The van der Waals surface area contributed by atoms with E-state index in [1.54, 1.807) is 18.2 Å². The molecule has 0 spiro atoms. The summed E-state index contributed by atoms with van der Waals surface area (Å²) >= 11 is 6.04. The lowest BCUT2D eigenvalue weighted by molar-refractivity contribution is 0.233. The van der Waals surface area contributed by atoms with E-state index in [4.69, 9.17) is 21.4 Å². The summed E-state index contributed by atoms with van der Waals surface area (Å²) in [6.45, 7) is 0.484. The molecular formula is C15H14ClFO2. The summed E-state index contributed by atoms with van der Waals surface area (Å²) in [5, 5.41) is 9.24. The van der Waals surface area contributed by atoms with E-state index < -0.39 is 0 Å². The van der Waals surface area contributed by atoms with Gasteiger partial charge in [-0.15, -0.1) is 0 Å². The Morgan fingerprint density at radius 2 is 1.74 bits per heavy atom. The molecule has 19 heavy (non-hydrogen) atoms. The van der Waals surface area contributed by atoms with Crippen LogP contribution in [-0.4, -0.2) is 18.3 Å². The van der Waals surface area contributed by atoms with E-state index in [1.807, 2.05) is 12.1 Å². The molecule has 2 nitrogen and oxygen atoms in total. The van der Waals surface area contributed by atoms with Crippen molar-refractivity contribution in [3.8, 4) is 16.9 Å². The maximum Gasteiger partial charge on any atom is 0.138 e. The van der Waals surface area contributed by atoms with Gasteiger partial charge in [0.15, 0.2) is 0 Å². The van der Waals surface area contributed by atoms with Crippen molar-refractivity contribution in [3.05, 3.63) is 53.3 Å². The summed E-state index contributed by atoms with van der Waals surface area (Å²) in [5.74, 6) is 0.300. The maximum atomic E-state index is 12.9. The predicted octanol–water partition coefficient (Wildman–Crippen LogP) is 3.91. The third-order valence-electron chi connectivity index (χ3n) is 2.67. The van der Waals surface area contributed by atoms with Crippen LogP contribution in [0, 0.1) is 5.82 Å². The van der Waals surface area contributed by atoms with Gasteiger partial charge >= 0.3 is 0 Å². The quantitative estimate of drug-likeness (QED) is 0.842. The zero-order chi connectivity index (χ0) is 13.7. The third kappa shape index (κ3) is 3.69. The summed E-state index contributed by atoms with van der Waals surface area (Å²) in [6, 6.07) is 11.6. The van der Waals surface area contributed by atoms with E-state index in [2.05, 4.69) is 0 Å². The van der Waals surface area contributed by atoms with Crippen LogP contribution in [0.2, 0.25) is 5.02 Å². The Kier molecular flexibility index (Phi) is 4.77. The second kappa shape index (κ2) is 6.55. The molecule has 2 aromatic carbocycles. The molecule has 0 radical (unpaired) electrons. The first kappa shape index (κ1) is 13.8. The van der Waals surface area contributed by atoms with E-state index in [0.717, 1.165) is 11.1 Å². The Morgan fingerprint density at radius 1 is 1.05 bits per heavy atom. The van der Waals surface area contributed by atoms with Crippen molar-refractivity contribution in [2.45, 2.75) is 6.42 Å². The third-order valence-corrected chi connectivity index (χ3v) is 2.98. The van der Waals surface area contributed by atoms with Crippen LogP contribution >= 0.6 is 11.6 Å². The van der Waals surface area contributed by atoms with Crippen LogP contribution in [0.3, 0.4) is 0 Å². The van der Waals surface area contributed by atoms with Gasteiger partial charge in [0.1, 0.15) is 11.6 Å². The smallest absolute Gasteiger partial charge is 0.138 e. The van der Waals surface area contributed by atoms with Gasteiger partial charge in [-0.2, -0.15) is 0 Å². The first-order valence-electron chi connectivity index (χ1n) is 6.00. The van der Waals surface area contributed by atoms with Gasteiger partial charge in [-0.1, -0.05) is 29.8 Å². The van der Waals surface area contributed by atoms with Crippen molar-refractivity contribution in [1.82, 2.24) is 0 Å². The van der Waals surface area contributed by atoms with Crippen LogP contribution in [-0.2, 0) is 0 Å². The normalized spacial score (nSPS) is 10.5. The van der Waals surface area contributed by atoms with Gasteiger partial charge in [-0.05, 0) is 35.4 Å². The minimum Gasteiger partial charge on any atom is -0.492 e. The molecule has 0 atom stereocenters. The average molecular weight is 281 g/mol. The molecular weight excluding hydrogens is 267 g/mol. The van der Waals surface area contributed by atoms with Crippen molar-refractivity contribution < 1.29 is 14.2 Å². The summed E-state index contributed by atoms with van der Waals surface area (Å²) < 4.78 is 18.4. The van der Waals surface area contributed by atoms with E-state index in [9.17, 15) is 4.39 Å². The lowest BCUT2D eigenvalue weighted by Gasteiger charge is -2.09. The van der Waals surface area contributed by atoms with Crippen molar-refractivity contribution in [1.29, 1.82) is 0 Å². The van der Waals surface area contributed by atoms with E-state index in [1.165, 1.54) is 12.1 Å². The molecule has 2 rings (SSSR count). The van der Waals surface area contributed by atoms with E-state index in [0.29, 0.717) is 23.8 Å². The largest absolute Gasteiger partial charge is 0.492 e. The fraction of sp³-hybridized carbons (Fsp3) is 0.200. The number of halogens is 2. The number of ether oxygens (including phenoxy) is 1. The molecule has 1 N–H and O–H groups in total. The molecule has 0 bridgehead atoms. The number of hydrogen-bond donors (Lipinski definition) is 1. The molecule has 0 amide bonds. The minimum absolute atomic E-state index is 0.0786. The molecule has 0 fully saturated rings. The Balaban J connectivity index is 2.22. The SMILES string of the molecule is OCCCOc1cc(-c2ccc(F)cc2)ccc1Cl. The lowest BCUT2D eigenvalue weighted by Crippen LogP contribution is -2.00. The Labute approximate surface area is 116 Å². The molecule has 0 aromatic heterocycles. The fourth-order valence-electron chi connectivity index (χ4n) is 1.68. The Morgan fingerprint density at radius 3 is 2.42 bits per heavy atom. The average Bonchev–Trinajstić information content (AvgIpc) is 2.42. The zero-order valence-corrected chi connectivity index (χ0v) is 11.0. The van der Waals surface area contributed by atoms with Crippen molar-refractivity contribution in [2.75, 3.05) is 13.2 Å². The Hall–Kier alpha value is -1.58. The van der Waals surface area contributed by atoms with Crippen LogP contribution in [0.15, 0.2) is 42.5 Å². The number of rotatable bonds is 5. The summed E-state index contributed by atoms with van der Waals surface area (Å²) in [4.78, 5) is 0. The van der Waals surface area contributed by atoms with Gasteiger partial charge in [0.2, 0.25) is 0 Å². The first-order chi connectivity index (χ1) is 9.20.